The maximum Gasteiger partial charge on any atom is 0.252 e. The zero-order valence-electron chi connectivity index (χ0n) is 12.8. The summed E-state index contributed by atoms with van der Waals surface area (Å²) in [5, 5.41) is 6.94. The number of nitrogens with one attached hydrogen (secondary N) is 2. The van der Waals surface area contributed by atoms with Crippen molar-refractivity contribution in [2.75, 3.05) is 29.9 Å². The van der Waals surface area contributed by atoms with Gasteiger partial charge in [-0.2, -0.15) is 0 Å². The highest BCUT2D eigenvalue weighted by atomic mass is 35.5. The van der Waals surface area contributed by atoms with E-state index in [0.29, 0.717) is 5.92 Å². The quantitative estimate of drug-likeness (QED) is 0.880. The number of carbonyl (C=O) groups excluding carboxylic acids is 1. The van der Waals surface area contributed by atoms with Gasteiger partial charge in [0, 0.05) is 6.54 Å². The minimum absolute atomic E-state index is 0. The number of amides is 1. The van der Waals surface area contributed by atoms with Gasteiger partial charge in [0.05, 0.1) is 11.4 Å². The molecular formula is C17H24ClN3O. The molecule has 1 amide bonds. The van der Waals surface area contributed by atoms with Crippen molar-refractivity contribution >= 4 is 29.7 Å². The third-order valence-corrected chi connectivity index (χ3v) is 5.35. The summed E-state index contributed by atoms with van der Waals surface area (Å²) >= 11 is 0. The molecule has 22 heavy (non-hydrogen) atoms. The lowest BCUT2D eigenvalue weighted by molar-refractivity contribution is -0.124. The molecule has 0 atom stereocenters. The molecule has 2 fully saturated rings. The summed E-state index contributed by atoms with van der Waals surface area (Å²) in [5.74, 6) is 0.980. The molecule has 0 unspecified atom stereocenters. The predicted octanol–water partition coefficient (Wildman–Crippen LogP) is 2.79. The van der Waals surface area contributed by atoms with Crippen LogP contribution in [0.15, 0.2) is 24.3 Å². The molecule has 5 heteroatoms. The van der Waals surface area contributed by atoms with Crippen LogP contribution in [-0.2, 0) is 4.79 Å². The number of fused-ring (bicyclic) bond motifs is 1. The monoisotopic (exact) mass is 321 g/mol. The molecule has 4 rings (SSSR count). The number of carbonyl (C=O) groups is 1. The Morgan fingerprint density at radius 3 is 2.59 bits per heavy atom. The van der Waals surface area contributed by atoms with Crippen LogP contribution in [-0.4, -0.2) is 31.1 Å². The van der Waals surface area contributed by atoms with Crippen molar-refractivity contribution in [3.8, 4) is 0 Å². The Kier molecular flexibility index (Phi) is 4.33. The molecule has 4 nitrogen and oxygen atoms in total. The lowest BCUT2D eigenvalue weighted by atomic mass is 9.81. The standard InChI is InChI=1S/C17H23N3O.ClH/c21-16-17(8-10-18-11-9-17)19-14-6-1-2-7-15(14)20(16)12-13-4-3-5-13;/h1-2,6-7,13,18-19H,3-5,8-12H2;1H. The first-order valence-electron chi connectivity index (χ1n) is 8.18. The summed E-state index contributed by atoms with van der Waals surface area (Å²) in [6, 6.07) is 8.27. The number of hydrogen-bond acceptors (Lipinski definition) is 3. The second kappa shape index (κ2) is 6.09. The highest BCUT2D eigenvalue weighted by Crippen LogP contribution is 2.40. The van der Waals surface area contributed by atoms with Crippen molar-refractivity contribution in [3.63, 3.8) is 0 Å². The first kappa shape index (κ1) is 15.6. The average molecular weight is 322 g/mol. The van der Waals surface area contributed by atoms with E-state index in [4.69, 9.17) is 0 Å². The van der Waals surface area contributed by atoms with E-state index < -0.39 is 0 Å². The van der Waals surface area contributed by atoms with Crippen molar-refractivity contribution in [1.82, 2.24) is 5.32 Å². The Hall–Kier alpha value is -1.26. The van der Waals surface area contributed by atoms with Crippen molar-refractivity contribution in [3.05, 3.63) is 24.3 Å². The third kappa shape index (κ3) is 2.48. The van der Waals surface area contributed by atoms with Gasteiger partial charge in [0.1, 0.15) is 5.54 Å². The van der Waals surface area contributed by atoms with Crippen molar-refractivity contribution < 1.29 is 4.79 Å². The summed E-state index contributed by atoms with van der Waals surface area (Å²) in [7, 11) is 0. The highest BCUT2D eigenvalue weighted by molar-refractivity contribution is 6.08. The molecule has 1 saturated heterocycles. The molecule has 0 radical (unpaired) electrons. The summed E-state index contributed by atoms with van der Waals surface area (Å²) in [6.45, 7) is 2.73. The SMILES string of the molecule is Cl.O=C1N(CC2CCC2)c2ccccc2NC12CCNCC2. The Bertz CT molecular complexity index is 553. The van der Waals surface area contributed by atoms with E-state index in [1.54, 1.807) is 0 Å². The molecule has 2 N–H and O–H groups in total. The van der Waals surface area contributed by atoms with Crippen molar-refractivity contribution in [2.45, 2.75) is 37.6 Å². The zero-order chi connectivity index (χ0) is 14.3. The van der Waals surface area contributed by atoms with Gasteiger partial charge in [-0.15, -0.1) is 12.4 Å². The molecule has 1 saturated carbocycles. The van der Waals surface area contributed by atoms with Gasteiger partial charge in [-0.1, -0.05) is 18.6 Å². The molecule has 1 aliphatic carbocycles. The number of hydrogen-bond donors (Lipinski definition) is 2. The molecule has 0 bridgehead atoms. The smallest absolute Gasteiger partial charge is 0.252 e. The molecule has 1 aromatic carbocycles. The van der Waals surface area contributed by atoms with E-state index in [0.717, 1.165) is 43.9 Å². The molecule has 2 aliphatic heterocycles. The average Bonchev–Trinajstić information content (AvgIpc) is 2.47. The molecule has 2 heterocycles. The Morgan fingerprint density at radius 1 is 1.18 bits per heavy atom. The van der Waals surface area contributed by atoms with Gasteiger partial charge in [0.15, 0.2) is 0 Å². The van der Waals surface area contributed by atoms with Crippen LogP contribution in [0.5, 0.6) is 0 Å². The van der Waals surface area contributed by atoms with E-state index in [9.17, 15) is 4.79 Å². The first-order valence-corrected chi connectivity index (χ1v) is 8.18. The van der Waals surface area contributed by atoms with Crippen LogP contribution in [0.2, 0.25) is 0 Å². The predicted molar refractivity (Wildman–Crippen MR) is 91.8 cm³/mol. The van der Waals surface area contributed by atoms with Gasteiger partial charge in [-0.3, -0.25) is 4.79 Å². The van der Waals surface area contributed by atoms with Gasteiger partial charge in [0.25, 0.3) is 5.91 Å². The van der Waals surface area contributed by atoms with Gasteiger partial charge in [0.2, 0.25) is 0 Å². The Balaban J connectivity index is 0.00000144. The summed E-state index contributed by atoms with van der Waals surface area (Å²) in [5.41, 5.74) is 1.81. The number of piperidine rings is 1. The highest BCUT2D eigenvalue weighted by Gasteiger charge is 2.46. The lowest BCUT2D eigenvalue weighted by Crippen LogP contribution is -2.62. The van der Waals surface area contributed by atoms with Gasteiger partial charge in [-0.25, -0.2) is 0 Å². The zero-order valence-corrected chi connectivity index (χ0v) is 13.6. The Morgan fingerprint density at radius 2 is 1.91 bits per heavy atom. The van der Waals surface area contributed by atoms with Crippen molar-refractivity contribution in [1.29, 1.82) is 0 Å². The lowest BCUT2D eigenvalue weighted by Gasteiger charge is -2.47. The fourth-order valence-corrected chi connectivity index (χ4v) is 3.80. The number of halogens is 1. The van der Waals surface area contributed by atoms with Crippen LogP contribution >= 0.6 is 12.4 Å². The fourth-order valence-electron chi connectivity index (χ4n) is 3.80. The van der Waals surface area contributed by atoms with Crippen LogP contribution in [0.1, 0.15) is 32.1 Å². The molecular weight excluding hydrogens is 298 g/mol. The Labute approximate surface area is 138 Å². The van der Waals surface area contributed by atoms with Crippen LogP contribution in [0.3, 0.4) is 0 Å². The maximum atomic E-state index is 13.2. The number of rotatable bonds is 2. The van der Waals surface area contributed by atoms with Gasteiger partial charge < -0.3 is 15.5 Å². The summed E-state index contributed by atoms with van der Waals surface area (Å²) in [6.07, 6.45) is 5.62. The number of nitrogens with zero attached hydrogens (tertiary/aromatic N) is 1. The van der Waals surface area contributed by atoms with E-state index in [-0.39, 0.29) is 23.9 Å². The number of para-hydroxylation sites is 2. The van der Waals surface area contributed by atoms with Crippen molar-refractivity contribution in [2.24, 2.45) is 5.92 Å². The minimum Gasteiger partial charge on any atom is -0.369 e. The summed E-state index contributed by atoms with van der Waals surface area (Å²) in [4.78, 5) is 15.2. The van der Waals surface area contributed by atoms with Crippen LogP contribution in [0, 0.1) is 5.92 Å². The van der Waals surface area contributed by atoms with E-state index in [1.165, 1.54) is 19.3 Å². The molecule has 1 aromatic rings. The van der Waals surface area contributed by atoms with E-state index in [2.05, 4.69) is 33.7 Å². The van der Waals surface area contributed by atoms with Gasteiger partial charge in [-0.05, 0) is 56.8 Å². The van der Waals surface area contributed by atoms with E-state index in [1.807, 2.05) is 6.07 Å². The maximum absolute atomic E-state index is 13.2. The normalized spacial score (nSPS) is 23.3. The molecule has 120 valence electrons. The number of anilines is 2. The topological polar surface area (TPSA) is 44.4 Å². The second-order valence-corrected chi connectivity index (χ2v) is 6.69. The van der Waals surface area contributed by atoms with Crippen LogP contribution in [0.4, 0.5) is 11.4 Å². The number of benzene rings is 1. The fraction of sp³-hybridized carbons (Fsp3) is 0.588. The largest absolute Gasteiger partial charge is 0.369 e. The summed E-state index contributed by atoms with van der Waals surface area (Å²) < 4.78 is 0. The van der Waals surface area contributed by atoms with Gasteiger partial charge >= 0.3 is 0 Å². The third-order valence-electron chi connectivity index (χ3n) is 5.35. The first-order chi connectivity index (χ1) is 10.3. The van der Waals surface area contributed by atoms with E-state index >= 15 is 0 Å². The molecule has 1 spiro atoms. The minimum atomic E-state index is -0.386. The molecule has 3 aliphatic rings. The molecule has 0 aromatic heterocycles. The van der Waals surface area contributed by atoms with Crippen LogP contribution in [0.25, 0.3) is 0 Å². The van der Waals surface area contributed by atoms with Crippen LogP contribution < -0.4 is 15.5 Å². The second-order valence-electron chi connectivity index (χ2n) is 6.69.